The zero-order valence-corrected chi connectivity index (χ0v) is 41.4. The van der Waals surface area contributed by atoms with Gasteiger partial charge in [-0.15, -0.1) is 69.1 Å². The molecule has 0 saturated heterocycles. The topological polar surface area (TPSA) is 0 Å². The molecule has 8 rings (SSSR count). The molecule has 0 fully saturated rings. The second-order valence-electron chi connectivity index (χ2n) is 15.3. The predicted octanol–water partition coefficient (Wildman–Crippen LogP) is 17.8. The molecule has 0 spiro atoms. The molecular weight excluding hydrogens is 863 g/mol. The van der Waals surface area contributed by atoms with Gasteiger partial charge in [0, 0.05) is 9.52 Å². The van der Waals surface area contributed by atoms with Crippen LogP contribution in [-0.2, 0) is 46.5 Å². The van der Waals surface area contributed by atoms with E-state index in [1.165, 1.54) is 101 Å². The van der Waals surface area contributed by atoms with Crippen LogP contribution in [0.3, 0.4) is 0 Å². The Balaban J connectivity index is 0.000000201. The molecule has 0 bridgehead atoms. The van der Waals surface area contributed by atoms with Crippen molar-refractivity contribution in [1.29, 1.82) is 0 Å². The molecule has 0 heterocycles. The SMILES string of the molecule is CCCc1cc2c(-c3ccccc3-c3ccccc3)c(CCC)ccc2[cH-]1.CCCc1cc2c(-c3ccccc3-c3ccccc3)c(CCC)ccc2[cH-]1.C[Si]C.[Cl][Zr+2][Cl]. The van der Waals surface area contributed by atoms with E-state index in [1.54, 1.807) is 0 Å². The van der Waals surface area contributed by atoms with Gasteiger partial charge in [-0.2, -0.15) is 12.1 Å². The summed E-state index contributed by atoms with van der Waals surface area (Å²) in [6.07, 6.45) is 9.23. The molecule has 4 heteroatoms. The normalized spacial score (nSPS) is 10.5. The quantitative estimate of drug-likeness (QED) is 0.0846. The van der Waals surface area contributed by atoms with E-state index < -0.39 is 20.8 Å². The summed E-state index contributed by atoms with van der Waals surface area (Å²) < 4.78 is 0. The summed E-state index contributed by atoms with van der Waals surface area (Å²) in [5.74, 6) is 0. The van der Waals surface area contributed by atoms with Gasteiger partial charge >= 0.3 is 37.9 Å². The van der Waals surface area contributed by atoms with Gasteiger partial charge in [-0.1, -0.05) is 198 Å². The van der Waals surface area contributed by atoms with E-state index in [-0.39, 0.29) is 0 Å². The molecule has 0 aliphatic heterocycles. The Labute approximate surface area is 382 Å². The molecule has 306 valence electrons. The van der Waals surface area contributed by atoms with Gasteiger partial charge in [0.05, 0.1) is 0 Å². The van der Waals surface area contributed by atoms with E-state index in [9.17, 15) is 0 Å². The van der Waals surface area contributed by atoms with Gasteiger partial charge in [-0.25, -0.2) is 0 Å². The molecule has 0 nitrogen and oxygen atoms in total. The third-order valence-corrected chi connectivity index (χ3v) is 10.8. The molecule has 0 N–H and O–H groups in total. The van der Waals surface area contributed by atoms with E-state index in [0.29, 0.717) is 0 Å². The number of hydrogen-bond donors (Lipinski definition) is 0. The van der Waals surface area contributed by atoms with Crippen LogP contribution in [0.25, 0.3) is 66.1 Å². The van der Waals surface area contributed by atoms with Crippen LogP contribution in [0.5, 0.6) is 0 Å². The first kappa shape index (κ1) is 47.3. The fraction of sp³-hybridized carbons (Fsp3) is 0.250. The average Bonchev–Trinajstić information content (AvgIpc) is 3.89. The van der Waals surface area contributed by atoms with Crippen molar-refractivity contribution in [2.75, 3.05) is 0 Å². The van der Waals surface area contributed by atoms with Gasteiger partial charge < -0.3 is 0 Å². The zero-order chi connectivity index (χ0) is 42.7. The molecule has 0 aliphatic rings. The second-order valence-corrected chi connectivity index (χ2v) is 20.1. The van der Waals surface area contributed by atoms with Crippen molar-refractivity contribution in [3.05, 3.63) is 180 Å². The van der Waals surface area contributed by atoms with Crippen molar-refractivity contribution < 1.29 is 20.8 Å². The summed E-state index contributed by atoms with van der Waals surface area (Å²) in [6.45, 7) is 13.4. The van der Waals surface area contributed by atoms with E-state index in [0.717, 1.165) is 48.0 Å². The van der Waals surface area contributed by atoms with Crippen LogP contribution < -0.4 is 0 Å². The molecule has 0 atom stereocenters. The van der Waals surface area contributed by atoms with Gasteiger partial charge in [0.25, 0.3) is 0 Å². The Kier molecular flexibility index (Phi) is 19.9. The molecule has 8 aromatic rings. The molecule has 0 aliphatic carbocycles. The number of fused-ring (bicyclic) bond motifs is 2. The van der Waals surface area contributed by atoms with Crippen molar-refractivity contribution in [3.63, 3.8) is 0 Å². The number of hydrogen-bond acceptors (Lipinski definition) is 0. The Hall–Kier alpha value is -3.78. The molecule has 0 amide bonds. The number of halogens is 2. The summed E-state index contributed by atoms with van der Waals surface area (Å²) in [7, 11) is 11.0. The van der Waals surface area contributed by atoms with Gasteiger partial charge in [-0.05, 0) is 59.1 Å². The second kappa shape index (κ2) is 25.2. The van der Waals surface area contributed by atoms with Crippen molar-refractivity contribution in [1.82, 2.24) is 0 Å². The summed E-state index contributed by atoms with van der Waals surface area (Å²) in [5.41, 5.74) is 16.6. The Bertz CT molecular complexity index is 2300. The first-order valence-corrected chi connectivity index (χ1v) is 30.1. The monoisotopic (exact) mass is 920 g/mol. The van der Waals surface area contributed by atoms with Gasteiger partial charge in [-0.3, -0.25) is 0 Å². The first-order chi connectivity index (χ1) is 29.5. The van der Waals surface area contributed by atoms with Crippen LogP contribution in [0.4, 0.5) is 0 Å². The fourth-order valence-corrected chi connectivity index (χ4v) is 8.38. The van der Waals surface area contributed by atoms with Crippen LogP contribution in [0, 0.1) is 0 Å². The van der Waals surface area contributed by atoms with E-state index >= 15 is 0 Å². The van der Waals surface area contributed by atoms with Gasteiger partial charge in [0.2, 0.25) is 0 Å². The Morgan fingerprint density at radius 2 is 0.750 bits per heavy atom. The van der Waals surface area contributed by atoms with E-state index in [2.05, 4.69) is 199 Å². The van der Waals surface area contributed by atoms with Crippen molar-refractivity contribution >= 4 is 48.1 Å². The van der Waals surface area contributed by atoms with E-state index in [4.69, 9.17) is 17.0 Å². The standard InChI is InChI=1S/2C27H27.C2H6Si.2ClH.Zr/c2*1-3-10-20-18-23-17-16-22(11-4-2)27(26(23)19-20)25-15-9-8-14-24(25)21-12-6-5-7-13-21;1-3-2;;;/h2*5-9,12-19H,3-4,10-11H2,1-2H3;1-2H3;2*1H;/q2*-1;;;;+4/p-2. The number of aryl methyl sites for hydroxylation is 4. The van der Waals surface area contributed by atoms with Gasteiger partial charge in [0.1, 0.15) is 0 Å². The molecule has 0 aromatic heterocycles. The predicted molar refractivity (Wildman–Crippen MR) is 266 cm³/mol. The summed E-state index contributed by atoms with van der Waals surface area (Å²) in [4.78, 5) is 0. The summed E-state index contributed by atoms with van der Waals surface area (Å²) in [6, 6.07) is 58.2. The first-order valence-electron chi connectivity index (χ1n) is 21.7. The molecule has 8 aromatic carbocycles. The molecule has 0 saturated carbocycles. The molecule has 60 heavy (non-hydrogen) atoms. The maximum absolute atomic E-state index is 4.93. The molecular formula is C56H60Cl2SiZr. The van der Waals surface area contributed by atoms with Crippen LogP contribution in [0.1, 0.15) is 75.6 Å². The summed E-state index contributed by atoms with van der Waals surface area (Å²) in [5, 5.41) is 5.56. The van der Waals surface area contributed by atoms with Crippen LogP contribution in [-0.4, -0.2) is 9.52 Å². The maximum atomic E-state index is 4.93. The van der Waals surface area contributed by atoms with Crippen molar-refractivity contribution in [2.45, 2.75) is 92.2 Å². The van der Waals surface area contributed by atoms with Crippen molar-refractivity contribution in [2.24, 2.45) is 0 Å². The van der Waals surface area contributed by atoms with Gasteiger partial charge in [0.15, 0.2) is 0 Å². The Morgan fingerprint density at radius 3 is 1.08 bits per heavy atom. The zero-order valence-electron chi connectivity index (χ0n) is 36.4. The minimum atomic E-state index is -0.826. The third kappa shape index (κ3) is 12.2. The number of rotatable bonds is 12. The van der Waals surface area contributed by atoms with E-state index in [1.807, 2.05) is 0 Å². The van der Waals surface area contributed by atoms with Crippen LogP contribution in [0.2, 0.25) is 13.1 Å². The van der Waals surface area contributed by atoms with Crippen molar-refractivity contribution in [3.8, 4) is 44.5 Å². The van der Waals surface area contributed by atoms with Crippen LogP contribution in [0.15, 0.2) is 158 Å². The minimum absolute atomic E-state index is 0.826. The summed E-state index contributed by atoms with van der Waals surface area (Å²) >= 11 is -0.826. The number of benzene rings is 6. The molecule has 2 radical (unpaired) electrons. The Morgan fingerprint density at radius 1 is 0.433 bits per heavy atom. The third-order valence-electron chi connectivity index (χ3n) is 10.8. The molecule has 0 unspecified atom stereocenters. The fourth-order valence-electron chi connectivity index (χ4n) is 8.38. The average molecular weight is 923 g/mol. The van der Waals surface area contributed by atoms with Crippen LogP contribution >= 0.6 is 17.0 Å².